The van der Waals surface area contributed by atoms with Crippen molar-refractivity contribution in [3.05, 3.63) is 58.9 Å². The summed E-state index contributed by atoms with van der Waals surface area (Å²) in [5, 5.41) is 9.32. The van der Waals surface area contributed by atoms with Crippen LogP contribution in [0.1, 0.15) is 33.5 Å². The Bertz CT molecular complexity index is 682. The van der Waals surface area contributed by atoms with Crippen LogP contribution >= 0.6 is 0 Å². The lowest BCUT2D eigenvalue weighted by Gasteiger charge is -2.32. The third kappa shape index (κ3) is 2.75. The monoisotopic (exact) mass is 282 g/mol. The Hall–Kier alpha value is -2.36. The summed E-state index contributed by atoms with van der Waals surface area (Å²) in [6.07, 6.45) is 5.54. The van der Waals surface area contributed by atoms with Crippen LogP contribution in [0.15, 0.2) is 36.7 Å². The molecule has 0 unspecified atom stereocenters. The molecule has 2 heterocycles. The van der Waals surface area contributed by atoms with Crippen molar-refractivity contribution in [3.8, 4) is 0 Å². The van der Waals surface area contributed by atoms with Gasteiger partial charge in [0.25, 0.3) is 0 Å². The number of carbonyl (C=O) groups is 1. The van der Waals surface area contributed by atoms with E-state index in [4.69, 9.17) is 0 Å². The van der Waals surface area contributed by atoms with Crippen LogP contribution in [0.2, 0.25) is 0 Å². The summed E-state index contributed by atoms with van der Waals surface area (Å²) in [5.74, 6) is -0.842. The minimum atomic E-state index is -0.842. The van der Waals surface area contributed by atoms with E-state index in [2.05, 4.69) is 16.0 Å². The molecule has 2 aromatic rings. The molecule has 1 aliphatic heterocycles. The molecule has 0 aliphatic carbocycles. The predicted molar refractivity (Wildman–Crippen MR) is 81.7 cm³/mol. The van der Waals surface area contributed by atoms with Crippen molar-refractivity contribution in [2.45, 2.75) is 26.3 Å². The van der Waals surface area contributed by atoms with Gasteiger partial charge in [-0.1, -0.05) is 12.1 Å². The quantitative estimate of drug-likeness (QED) is 0.940. The van der Waals surface area contributed by atoms with E-state index in [9.17, 15) is 9.90 Å². The zero-order valence-electron chi connectivity index (χ0n) is 12.0. The number of rotatable bonds is 3. The molecule has 21 heavy (non-hydrogen) atoms. The van der Waals surface area contributed by atoms with Gasteiger partial charge in [-0.2, -0.15) is 0 Å². The second kappa shape index (κ2) is 5.56. The van der Waals surface area contributed by atoms with Crippen molar-refractivity contribution < 1.29 is 9.90 Å². The lowest BCUT2D eigenvalue weighted by atomic mass is 9.96. The van der Waals surface area contributed by atoms with Gasteiger partial charge in [-0.3, -0.25) is 4.98 Å². The largest absolute Gasteiger partial charge is 0.478 e. The third-order valence-corrected chi connectivity index (χ3v) is 3.88. The summed E-state index contributed by atoms with van der Waals surface area (Å²) < 4.78 is 0. The number of hydrogen-bond donors (Lipinski definition) is 1. The fraction of sp³-hybridized carbons (Fsp3) is 0.294. The molecule has 0 spiro atoms. The summed E-state index contributed by atoms with van der Waals surface area (Å²) in [4.78, 5) is 17.8. The second-order valence-corrected chi connectivity index (χ2v) is 5.50. The number of nitrogens with zero attached hydrogens (tertiary/aromatic N) is 2. The molecule has 0 saturated heterocycles. The van der Waals surface area contributed by atoms with Crippen LogP contribution in [0.5, 0.6) is 0 Å². The first-order valence-electron chi connectivity index (χ1n) is 7.16. The first-order chi connectivity index (χ1) is 10.1. The number of benzene rings is 1. The van der Waals surface area contributed by atoms with Gasteiger partial charge in [-0.15, -0.1) is 0 Å². The van der Waals surface area contributed by atoms with Gasteiger partial charge < -0.3 is 10.0 Å². The predicted octanol–water partition coefficient (Wildman–Crippen LogP) is 3.04. The van der Waals surface area contributed by atoms with Crippen molar-refractivity contribution in [3.63, 3.8) is 0 Å². The number of aryl methyl sites for hydroxylation is 1. The number of hydrogen-bond acceptors (Lipinski definition) is 3. The first kappa shape index (κ1) is 13.6. The molecule has 0 atom stereocenters. The third-order valence-electron chi connectivity index (χ3n) is 3.88. The molecule has 1 aromatic carbocycles. The fourth-order valence-corrected chi connectivity index (χ4v) is 2.99. The van der Waals surface area contributed by atoms with E-state index < -0.39 is 5.97 Å². The minimum Gasteiger partial charge on any atom is -0.478 e. The van der Waals surface area contributed by atoms with Crippen LogP contribution in [-0.4, -0.2) is 22.6 Å². The molecular formula is C17H18N2O2. The van der Waals surface area contributed by atoms with E-state index in [1.807, 2.05) is 31.5 Å². The van der Waals surface area contributed by atoms with E-state index in [1.165, 1.54) is 0 Å². The molecule has 4 heteroatoms. The maximum absolute atomic E-state index is 11.4. The van der Waals surface area contributed by atoms with Gasteiger partial charge in [0.2, 0.25) is 0 Å². The van der Waals surface area contributed by atoms with E-state index in [-0.39, 0.29) is 0 Å². The molecule has 0 fully saturated rings. The maximum Gasteiger partial charge on any atom is 0.336 e. The average Bonchev–Trinajstić information content (AvgIpc) is 2.47. The van der Waals surface area contributed by atoms with Crippen LogP contribution in [0.4, 0.5) is 5.69 Å². The number of aromatic nitrogens is 1. The maximum atomic E-state index is 11.4. The summed E-state index contributed by atoms with van der Waals surface area (Å²) in [7, 11) is 0. The standard InChI is InChI=1S/C17H18N2O2/c1-12-8-13(10-18-9-12)11-19-7-3-5-14-15(17(20)21)4-2-6-16(14)19/h2,4,6,8-10H,3,5,7,11H2,1H3,(H,20,21). The van der Waals surface area contributed by atoms with E-state index >= 15 is 0 Å². The van der Waals surface area contributed by atoms with Crippen molar-refractivity contribution in [1.29, 1.82) is 0 Å². The first-order valence-corrected chi connectivity index (χ1v) is 7.16. The fourth-order valence-electron chi connectivity index (χ4n) is 2.99. The lowest BCUT2D eigenvalue weighted by molar-refractivity contribution is 0.0695. The van der Waals surface area contributed by atoms with Crippen LogP contribution in [0.3, 0.4) is 0 Å². The molecule has 4 nitrogen and oxygen atoms in total. The Labute approximate surface area is 124 Å². The number of aromatic carboxylic acids is 1. The van der Waals surface area contributed by atoms with Crippen molar-refractivity contribution in [2.24, 2.45) is 0 Å². The molecule has 0 amide bonds. The van der Waals surface area contributed by atoms with Crippen LogP contribution in [-0.2, 0) is 13.0 Å². The summed E-state index contributed by atoms with van der Waals surface area (Å²) in [5.41, 5.74) is 4.73. The Kier molecular flexibility index (Phi) is 3.60. The van der Waals surface area contributed by atoms with Gasteiger partial charge in [-0.05, 0) is 48.6 Å². The van der Waals surface area contributed by atoms with E-state index in [1.54, 1.807) is 6.07 Å². The number of pyridine rings is 1. The number of fused-ring (bicyclic) bond motifs is 1. The smallest absolute Gasteiger partial charge is 0.336 e. The summed E-state index contributed by atoms with van der Waals surface area (Å²) >= 11 is 0. The molecule has 3 rings (SSSR count). The number of carboxylic acid groups (broad SMARTS) is 1. The van der Waals surface area contributed by atoms with Gasteiger partial charge in [0.1, 0.15) is 0 Å². The normalized spacial score (nSPS) is 13.9. The van der Waals surface area contributed by atoms with E-state index in [0.717, 1.165) is 48.3 Å². The van der Waals surface area contributed by atoms with Crippen molar-refractivity contribution >= 4 is 11.7 Å². The summed E-state index contributed by atoms with van der Waals surface area (Å²) in [6, 6.07) is 7.67. The molecular weight excluding hydrogens is 264 g/mol. The molecule has 0 radical (unpaired) electrons. The van der Waals surface area contributed by atoms with Gasteiger partial charge >= 0.3 is 5.97 Å². The molecule has 1 aromatic heterocycles. The zero-order chi connectivity index (χ0) is 14.8. The highest BCUT2D eigenvalue weighted by molar-refractivity contribution is 5.91. The molecule has 0 bridgehead atoms. The van der Waals surface area contributed by atoms with Crippen molar-refractivity contribution in [1.82, 2.24) is 4.98 Å². The van der Waals surface area contributed by atoms with Gasteiger partial charge in [0.15, 0.2) is 0 Å². The molecule has 108 valence electrons. The number of anilines is 1. The Morgan fingerprint density at radius 2 is 2.24 bits per heavy atom. The molecule has 1 N–H and O–H groups in total. The second-order valence-electron chi connectivity index (χ2n) is 5.50. The van der Waals surface area contributed by atoms with Gasteiger partial charge in [0, 0.05) is 31.2 Å². The minimum absolute atomic E-state index is 0.430. The van der Waals surface area contributed by atoms with Gasteiger partial charge in [0.05, 0.1) is 5.56 Å². The number of carboxylic acids is 1. The van der Waals surface area contributed by atoms with Gasteiger partial charge in [-0.25, -0.2) is 4.79 Å². The van der Waals surface area contributed by atoms with Crippen LogP contribution in [0, 0.1) is 6.92 Å². The highest BCUT2D eigenvalue weighted by Crippen LogP contribution is 2.31. The van der Waals surface area contributed by atoms with Crippen LogP contribution in [0.25, 0.3) is 0 Å². The Morgan fingerprint density at radius 1 is 1.38 bits per heavy atom. The summed E-state index contributed by atoms with van der Waals surface area (Å²) in [6.45, 7) is 3.75. The highest BCUT2D eigenvalue weighted by atomic mass is 16.4. The van der Waals surface area contributed by atoms with E-state index in [0.29, 0.717) is 5.56 Å². The Balaban J connectivity index is 1.94. The Morgan fingerprint density at radius 3 is 3.00 bits per heavy atom. The van der Waals surface area contributed by atoms with Crippen molar-refractivity contribution in [2.75, 3.05) is 11.4 Å². The SMILES string of the molecule is Cc1cncc(CN2CCCc3c(C(=O)O)cccc32)c1. The zero-order valence-corrected chi connectivity index (χ0v) is 12.0. The highest BCUT2D eigenvalue weighted by Gasteiger charge is 2.21. The molecule has 1 aliphatic rings. The molecule has 0 saturated carbocycles. The average molecular weight is 282 g/mol. The topological polar surface area (TPSA) is 53.4 Å². The lowest BCUT2D eigenvalue weighted by Crippen LogP contribution is -2.29. The van der Waals surface area contributed by atoms with Crippen LogP contribution < -0.4 is 4.90 Å².